The zero-order valence-corrected chi connectivity index (χ0v) is 10.9. The normalized spacial score (nSPS) is 22.1. The van der Waals surface area contributed by atoms with Crippen molar-refractivity contribution in [1.82, 2.24) is 0 Å². The van der Waals surface area contributed by atoms with Gasteiger partial charge < -0.3 is 0 Å². The molecule has 2 atom stereocenters. The van der Waals surface area contributed by atoms with Crippen molar-refractivity contribution in [3.8, 4) is 0 Å². The Morgan fingerprint density at radius 2 is 2.06 bits per heavy atom. The van der Waals surface area contributed by atoms with Crippen LogP contribution < -0.4 is 0 Å². The lowest BCUT2D eigenvalue weighted by Gasteiger charge is -2.22. The van der Waals surface area contributed by atoms with Crippen LogP contribution in [0, 0.1) is 0 Å². The van der Waals surface area contributed by atoms with Gasteiger partial charge in [0.25, 0.3) is 0 Å². The lowest BCUT2D eigenvalue weighted by molar-refractivity contribution is 0.679. The summed E-state index contributed by atoms with van der Waals surface area (Å²) in [5, 5.41) is 0. The van der Waals surface area contributed by atoms with Gasteiger partial charge in [0.2, 0.25) is 0 Å². The van der Waals surface area contributed by atoms with E-state index in [1.165, 1.54) is 31.0 Å². The number of hydrogen-bond donors (Lipinski definition) is 0. The van der Waals surface area contributed by atoms with Crippen molar-refractivity contribution in [1.29, 1.82) is 0 Å². The molecule has 1 aliphatic heterocycles. The van der Waals surface area contributed by atoms with Gasteiger partial charge in [-0.3, -0.25) is 0 Å². The van der Waals surface area contributed by atoms with Crippen molar-refractivity contribution in [3.05, 3.63) is 48.0 Å². The van der Waals surface area contributed by atoms with Crippen LogP contribution in [-0.2, 0) is 6.42 Å². The Hall–Kier alpha value is -0.610. The molecule has 0 aliphatic carbocycles. The third-order valence-electron chi connectivity index (χ3n) is 3.33. The third-order valence-corrected chi connectivity index (χ3v) is 5.09. The summed E-state index contributed by atoms with van der Waals surface area (Å²) >= 11 is 0. The molecule has 0 spiro atoms. The smallest absolute Gasteiger partial charge is 0.00141 e. The van der Waals surface area contributed by atoms with Gasteiger partial charge in [-0.15, -0.1) is 15.2 Å². The van der Waals surface area contributed by atoms with E-state index in [0.717, 1.165) is 27.1 Å². The first-order valence-corrected chi connectivity index (χ1v) is 7.62. The Labute approximate surface area is 101 Å². The fourth-order valence-corrected chi connectivity index (χ4v) is 3.96. The number of rotatable bonds is 4. The van der Waals surface area contributed by atoms with Gasteiger partial charge in [-0.2, -0.15) is 0 Å². The minimum atomic E-state index is 0.863. The van der Waals surface area contributed by atoms with Gasteiger partial charge in [0.15, 0.2) is 0 Å². The van der Waals surface area contributed by atoms with Crippen molar-refractivity contribution in [2.24, 2.45) is 0 Å². The largest absolute Gasteiger partial charge is 0.114 e. The molecule has 0 bridgehead atoms. The quantitative estimate of drug-likeness (QED) is 0.521. The molecule has 2 rings (SSSR count). The third kappa shape index (κ3) is 3.19. The highest BCUT2D eigenvalue weighted by molar-refractivity contribution is 7.38. The molecule has 0 amide bonds. The van der Waals surface area contributed by atoms with Crippen LogP contribution in [0.2, 0.25) is 0 Å². The highest BCUT2D eigenvalue weighted by Crippen LogP contribution is 2.43. The van der Waals surface area contributed by atoms with Crippen molar-refractivity contribution < 1.29 is 0 Å². The predicted octanol–water partition coefficient (Wildman–Crippen LogP) is 4.71. The molecule has 2 unspecified atom stereocenters. The van der Waals surface area contributed by atoms with Crippen LogP contribution in [-0.4, -0.2) is 6.16 Å². The molecule has 1 heterocycles. The Kier molecular flexibility index (Phi) is 4.60. The van der Waals surface area contributed by atoms with Gasteiger partial charge in [0.05, 0.1) is 0 Å². The SMILES string of the molecule is C=CCCc1ccc(C2CCCCP2)cc1. The maximum absolute atomic E-state index is 3.77. The van der Waals surface area contributed by atoms with Gasteiger partial charge in [0.1, 0.15) is 0 Å². The Balaban J connectivity index is 1.97. The highest BCUT2D eigenvalue weighted by atomic mass is 31.1. The Bertz CT molecular complexity index is 320. The van der Waals surface area contributed by atoms with E-state index in [9.17, 15) is 0 Å². The summed E-state index contributed by atoms with van der Waals surface area (Å²) in [5.41, 5.74) is 3.88. The van der Waals surface area contributed by atoms with E-state index in [4.69, 9.17) is 0 Å². The maximum Gasteiger partial charge on any atom is 0.00141 e. The van der Waals surface area contributed by atoms with Gasteiger partial charge in [-0.25, -0.2) is 0 Å². The van der Waals surface area contributed by atoms with Crippen LogP contribution in [0.1, 0.15) is 42.5 Å². The lowest BCUT2D eigenvalue weighted by atomic mass is 10.0. The molecule has 86 valence electrons. The lowest BCUT2D eigenvalue weighted by Crippen LogP contribution is -2.00. The van der Waals surface area contributed by atoms with Crippen LogP contribution in [0.5, 0.6) is 0 Å². The topological polar surface area (TPSA) is 0 Å². The van der Waals surface area contributed by atoms with Crippen LogP contribution in [0.4, 0.5) is 0 Å². The minimum Gasteiger partial charge on any atom is -0.114 e. The molecule has 1 aromatic carbocycles. The molecule has 0 aromatic heterocycles. The summed E-state index contributed by atoms with van der Waals surface area (Å²) in [6.07, 6.45) is 9.95. The number of aryl methyl sites for hydroxylation is 1. The molecular formula is C15H21P. The number of allylic oxidation sites excluding steroid dienone is 1. The summed E-state index contributed by atoms with van der Waals surface area (Å²) in [6.45, 7) is 3.77. The highest BCUT2D eigenvalue weighted by Gasteiger charge is 2.14. The molecule has 1 saturated heterocycles. The van der Waals surface area contributed by atoms with E-state index in [0.29, 0.717) is 0 Å². The number of benzene rings is 1. The Morgan fingerprint density at radius 1 is 1.25 bits per heavy atom. The van der Waals surface area contributed by atoms with E-state index < -0.39 is 0 Å². The first kappa shape index (κ1) is 11.9. The summed E-state index contributed by atoms with van der Waals surface area (Å²) < 4.78 is 0. The zero-order valence-electron chi connectivity index (χ0n) is 9.91. The second-order valence-corrected chi connectivity index (χ2v) is 6.18. The van der Waals surface area contributed by atoms with Gasteiger partial charge in [-0.05, 0) is 43.0 Å². The molecule has 0 radical (unpaired) electrons. The van der Waals surface area contributed by atoms with Crippen molar-refractivity contribution in [2.45, 2.75) is 37.8 Å². The van der Waals surface area contributed by atoms with Gasteiger partial charge in [0, 0.05) is 5.66 Å². The van der Waals surface area contributed by atoms with Crippen molar-refractivity contribution in [3.63, 3.8) is 0 Å². The molecule has 1 fully saturated rings. The maximum atomic E-state index is 3.77. The molecular weight excluding hydrogens is 211 g/mol. The van der Waals surface area contributed by atoms with Crippen LogP contribution in [0.25, 0.3) is 0 Å². The van der Waals surface area contributed by atoms with Crippen LogP contribution >= 0.6 is 8.58 Å². The molecule has 0 nitrogen and oxygen atoms in total. The Morgan fingerprint density at radius 3 is 2.69 bits per heavy atom. The fourth-order valence-electron chi connectivity index (χ4n) is 2.32. The van der Waals surface area contributed by atoms with Gasteiger partial charge >= 0.3 is 0 Å². The molecule has 0 saturated carbocycles. The van der Waals surface area contributed by atoms with Gasteiger partial charge in [-0.1, -0.05) is 36.8 Å². The predicted molar refractivity (Wildman–Crippen MR) is 74.7 cm³/mol. The standard InChI is InChI=1S/C15H21P/c1-2-3-6-13-8-10-14(11-9-13)15-7-4-5-12-16-15/h2,8-11,15-16H,1,3-7,12H2. The zero-order chi connectivity index (χ0) is 11.2. The summed E-state index contributed by atoms with van der Waals surface area (Å²) in [4.78, 5) is 0. The average Bonchev–Trinajstić information content (AvgIpc) is 2.38. The summed E-state index contributed by atoms with van der Waals surface area (Å²) in [5.74, 6) is 0. The first-order valence-electron chi connectivity index (χ1n) is 6.33. The van der Waals surface area contributed by atoms with E-state index in [2.05, 4.69) is 30.8 Å². The molecule has 1 heteroatoms. The van der Waals surface area contributed by atoms with E-state index in [1.807, 2.05) is 6.08 Å². The van der Waals surface area contributed by atoms with Crippen LogP contribution in [0.3, 0.4) is 0 Å². The molecule has 0 N–H and O–H groups in total. The molecule has 16 heavy (non-hydrogen) atoms. The fraction of sp³-hybridized carbons (Fsp3) is 0.467. The van der Waals surface area contributed by atoms with Crippen LogP contribution in [0.15, 0.2) is 36.9 Å². The second-order valence-electron chi connectivity index (χ2n) is 4.57. The summed E-state index contributed by atoms with van der Waals surface area (Å²) in [7, 11) is 1.15. The molecule has 1 aliphatic rings. The number of hydrogen-bond acceptors (Lipinski definition) is 0. The monoisotopic (exact) mass is 232 g/mol. The van der Waals surface area contributed by atoms with E-state index >= 15 is 0 Å². The van der Waals surface area contributed by atoms with Crippen molar-refractivity contribution >= 4 is 8.58 Å². The summed E-state index contributed by atoms with van der Waals surface area (Å²) in [6, 6.07) is 9.30. The van der Waals surface area contributed by atoms with E-state index in [1.54, 1.807) is 5.56 Å². The minimum absolute atomic E-state index is 0.863. The average molecular weight is 232 g/mol. The van der Waals surface area contributed by atoms with E-state index in [-0.39, 0.29) is 0 Å². The second kappa shape index (κ2) is 6.21. The first-order chi connectivity index (χ1) is 7.90. The van der Waals surface area contributed by atoms with Crippen molar-refractivity contribution in [2.75, 3.05) is 6.16 Å². The molecule has 1 aromatic rings.